The maximum atomic E-state index is 12.2. The Kier molecular flexibility index (Phi) is 6.53. The van der Waals surface area contributed by atoms with Crippen LogP contribution >= 0.6 is 34.8 Å². The average molecular weight is 426 g/mol. The minimum absolute atomic E-state index is 0.293. The molecule has 1 amide bonds. The number of ether oxygens (including phenoxy) is 1. The number of methoxy groups -OCH3 is 1. The molecule has 4 nitrogen and oxygen atoms in total. The molecule has 0 unspecified atom stereocenters. The van der Waals surface area contributed by atoms with Gasteiger partial charge in [-0.1, -0.05) is 34.8 Å². The zero-order valence-corrected chi connectivity index (χ0v) is 17.0. The van der Waals surface area contributed by atoms with E-state index in [4.69, 9.17) is 39.5 Å². The average Bonchev–Trinajstić information content (AvgIpc) is 3.14. The van der Waals surface area contributed by atoms with Crippen LogP contribution in [0.15, 0.2) is 36.4 Å². The van der Waals surface area contributed by atoms with Crippen LogP contribution in [-0.2, 0) is 4.79 Å². The van der Waals surface area contributed by atoms with Gasteiger partial charge in [0.05, 0.1) is 22.8 Å². The molecule has 3 rings (SSSR count). The molecule has 1 fully saturated rings. The van der Waals surface area contributed by atoms with E-state index in [0.717, 1.165) is 18.8 Å². The standard InChI is InChI=1S/C20H19Cl3N2O2/c1-27-20-13(10-14(21)11-17(20)23)4-7-19(26)24-15-5-6-18(16(22)12-15)25-8-2-3-9-25/h4-7,10-12H,2-3,8-9H2,1H3,(H,24,26). The van der Waals surface area contributed by atoms with E-state index >= 15 is 0 Å². The van der Waals surface area contributed by atoms with Crippen LogP contribution in [0.4, 0.5) is 11.4 Å². The third-order valence-corrected chi connectivity index (χ3v) is 5.12. The summed E-state index contributed by atoms with van der Waals surface area (Å²) in [6, 6.07) is 8.81. The van der Waals surface area contributed by atoms with Crippen LogP contribution in [0.2, 0.25) is 15.1 Å². The van der Waals surface area contributed by atoms with Gasteiger partial charge in [0.2, 0.25) is 5.91 Å². The Labute approximate surface area is 173 Å². The quantitative estimate of drug-likeness (QED) is 0.606. The van der Waals surface area contributed by atoms with Crippen LogP contribution < -0.4 is 15.0 Å². The second kappa shape index (κ2) is 8.87. The Balaban J connectivity index is 1.71. The molecule has 0 radical (unpaired) electrons. The summed E-state index contributed by atoms with van der Waals surface area (Å²) in [5.41, 5.74) is 2.25. The number of hydrogen-bond acceptors (Lipinski definition) is 3. The fourth-order valence-electron chi connectivity index (χ4n) is 3.07. The summed E-state index contributed by atoms with van der Waals surface area (Å²) in [6.45, 7) is 2.02. The van der Waals surface area contributed by atoms with Gasteiger partial charge in [-0.15, -0.1) is 0 Å². The highest BCUT2D eigenvalue weighted by Gasteiger charge is 2.15. The van der Waals surface area contributed by atoms with Gasteiger partial charge in [-0.05, 0) is 49.2 Å². The first kappa shape index (κ1) is 19.9. The molecule has 1 aliphatic rings. The summed E-state index contributed by atoms with van der Waals surface area (Å²) >= 11 is 18.5. The van der Waals surface area contributed by atoms with E-state index in [1.165, 1.54) is 26.0 Å². The molecule has 0 atom stereocenters. The summed E-state index contributed by atoms with van der Waals surface area (Å²) in [4.78, 5) is 14.5. The van der Waals surface area contributed by atoms with Crippen molar-refractivity contribution < 1.29 is 9.53 Å². The van der Waals surface area contributed by atoms with Gasteiger partial charge in [0.15, 0.2) is 0 Å². The van der Waals surface area contributed by atoms with E-state index in [0.29, 0.717) is 32.1 Å². The van der Waals surface area contributed by atoms with E-state index in [1.807, 2.05) is 12.1 Å². The Bertz CT molecular complexity index is 878. The molecule has 7 heteroatoms. The van der Waals surface area contributed by atoms with E-state index in [2.05, 4.69) is 10.2 Å². The summed E-state index contributed by atoms with van der Waals surface area (Å²) in [7, 11) is 1.51. The van der Waals surface area contributed by atoms with E-state index < -0.39 is 0 Å². The SMILES string of the molecule is COc1c(Cl)cc(Cl)cc1C=CC(=O)Nc1ccc(N2CCCC2)c(Cl)c1. The summed E-state index contributed by atoms with van der Waals surface area (Å²) in [6.07, 6.45) is 5.35. The maximum absolute atomic E-state index is 12.2. The Morgan fingerprint density at radius 3 is 2.52 bits per heavy atom. The zero-order chi connectivity index (χ0) is 19.4. The van der Waals surface area contributed by atoms with Crippen molar-refractivity contribution in [2.45, 2.75) is 12.8 Å². The second-order valence-corrected chi connectivity index (χ2v) is 7.44. The van der Waals surface area contributed by atoms with Gasteiger partial charge >= 0.3 is 0 Å². The van der Waals surface area contributed by atoms with Gasteiger partial charge in [0.1, 0.15) is 5.75 Å². The third kappa shape index (κ3) is 4.89. The normalized spacial score (nSPS) is 14.0. The molecule has 0 saturated carbocycles. The lowest BCUT2D eigenvalue weighted by Crippen LogP contribution is -2.18. The van der Waals surface area contributed by atoms with Crippen molar-refractivity contribution in [2.75, 3.05) is 30.4 Å². The first-order valence-electron chi connectivity index (χ1n) is 8.54. The molecule has 1 saturated heterocycles. The Morgan fingerprint density at radius 2 is 1.85 bits per heavy atom. The molecule has 0 aromatic heterocycles. The topological polar surface area (TPSA) is 41.6 Å². The third-order valence-electron chi connectivity index (χ3n) is 4.32. The highest BCUT2D eigenvalue weighted by atomic mass is 35.5. The Morgan fingerprint density at radius 1 is 1.11 bits per heavy atom. The van der Waals surface area contributed by atoms with Crippen LogP contribution in [0.25, 0.3) is 6.08 Å². The number of nitrogens with one attached hydrogen (secondary N) is 1. The number of anilines is 2. The van der Waals surface area contributed by atoms with Crippen LogP contribution in [-0.4, -0.2) is 26.1 Å². The van der Waals surface area contributed by atoms with Gasteiger partial charge in [0.25, 0.3) is 0 Å². The summed E-state index contributed by atoms with van der Waals surface area (Å²) < 4.78 is 5.26. The molecule has 1 N–H and O–H groups in total. The first-order valence-corrected chi connectivity index (χ1v) is 9.68. The van der Waals surface area contributed by atoms with Crippen molar-refractivity contribution in [2.24, 2.45) is 0 Å². The van der Waals surface area contributed by atoms with Gasteiger partial charge in [-0.3, -0.25) is 4.79 Å². The predicted octanol–water partition coefficient (Wildman–Crippen LogP) is 5.91. The lowest BCUT2D eigenvalue weighted by molar-refractivity contribution is -0.111. The largest absolute Gasteiger partial charge is 0.495 e. The molecule has 27 heavy (non-hydrogen) atoms. The van der Waals surface area contributed by atoms with E-state index in [9.17, 15) is 4.79 Å². The minimum Gasteiger partial charge on any atom is -0.495 e. The van der Waals surface area contributed by atoms with Crippen LogP contribution in [0.3, 0.4) is 0 Å². The maximum Gasteiger partial charge on any atom is 0.248 e. The second-order valence-electron chi connectivity index (χ2n) is 6.19. The van der Waals surface area contributed by atoms with Gasteiger partial charge in [0, 0.05) is 35.4 Å². The van der Waals surface area contributed by atoms with Crippen molar-refractivity contribution in [1.82, 2.24) is 0 Å². The van der Waals surface area contributed by atoms with E-state index in [-0.39, 0.29) is 5.91 Å². The Hall–Kier alpha value is -1.88. The fraction of sp³-hybridized carbons (Fsp3) is 0.250. The van der Waals surface area contributed by atoms with Crippen LogP contribution in [0, 0.1) is 0 Å². The number of rotatable bonds is 5. The number of amides is 1. The van der Waals surface area contributed by atoms with Crippen LogP contribution in [0.1, 0.15) is 18.4 Å². The molecule has 142 valence electrons. The molecule has 0 bridgehead atoms. The predicted molar refractivity (Wildman–Crippen MR) is 114 cm³/mol. The molecule has 0 spiro atoms. The fourth-order valence-corrected chi connectivity index (χ4v) is 3.95. The van der Waals surface area contributed by atoms with Crippen LogP contribution in [0.5, 0.6) is 5.75 Å². The highest BCUT2D eigenvalue weighted by Crippen LogP contribution is 2.33. The molecule has 2 aromatic carbocycles. The highest BCUT2D eigenvalue weighted by molar-refractivity contribution is 6.36. The van der Waals surface area contributed by atoms with E-state index in [1.54, 1.807) is 24.3 Å². The smallest absolute Gasteiger partial charge is 0.248 e. The minimum atomic E-state index is -0.293. The van der Waals surface area contributed by atoms with Crippen molar-refractivity contribution >= 4 is 58.2 Å². The number of nitrogens with zero attached hydrogens (tertiary/aromatic N) is 1. The summed E-state index contributed by atoms with van der Waals surface area (Å²) in [5.74, 6) is 0.168. The number of hydrogen-bond donors (Lipinski definition) is 1. The molecule has 2 aromatic rings. The van der Waals surface area contributed by atoms with Crippen molar-refractivity contribution in [1.29, 1.82) is 0 Å². The van der Waals surface area contributed by atoms with Gasteiger partial charge < -0.3 is 15.0 Å². The number of carbonyl (C=O) groups excluding carboxylic acids is 1. The van der Waals surface area contributed by atoms with Crippen molar-refractivity contribution in [3.8, 4) is 5.75 Å². The zero-order valence-electron chi connectivity index (χ0n) is 14.8. The number of carbonyl (C=O) groups is 1. The molecule has 0 aliphatic carbocycles. The molecule has 1 heterocycles. The monoisotopic (exact) mass is 424 g/mol. The lowest BCUT2D eigenvalue weighted by Gasteiger charge is -2.19. The number of benzene rings is 2. The molecule has 1 aliphatic heterocycles. The summed E-state index contributed by atoms with van der Waals surface area (Å²) in [5, 5.41) is 4.28. The van der Waals surface area contributed by atoms with Crippen molar-refractivity contribution in [3.05, 3.63) is 57.0 Å². The van der Waals surface area contributed by atoms with Crippen molar-refractivity contribution in [3.63, 3.8) is 0 Å². The molecular weight excluding hydrogens is 407 g/mol. The van der Waals surface area contributed by atoms with Gasteiger partial charge in [-0.25, -0.2) is 0 Å². The molecular formula is C20H19Cl3N2O2. The first-order chi connectivity index (χ1) is 13.0. The van der Waals surface area contributed by atoms with Gasteiger partial charge in [-0.2, -0.15) is 0 Å². The lowest BCUT2D eigenvalue weighted by atomic mass is 10.2. The number of halogens is 3.